The maximum absolute atomic E-state index is 12.7. The number of Topliss-reactive ketones (excluding diaryl/α,β-unsaturated/α-hetero) is 1. The van der Waals surface area contributed by atoms with E-state index in [0.29, 0.717) is 48.7 Å². The van der Waals surface area contributed by atoms with Crippen molar-refractivity contribution in [3.63, 3.8) is 0 Å². The zero-order valence-electron chi connectivity index (χ0n) is 14.9. The Hall–Kier alpha value is -2.22. The van der Waals surface area contributed by atoms with Crippen LogP contribution in [0.4, 0.5) is 0 Å². The van der Waals surface area contributed by atoms with Gasteiger partial charge in [0, 0.05) is 26.6 Å². The Morgan fingerprint density at radius 2 is 1.73 bits per heavy atom. The Balaban J connectivity index is 1.67. The van der Waals surface area contributed by atoms with Crippen molar-refractivity contribution < 1.29 is 24.3 Å². The van der Waals surface area contributed by atoms with Gasteiger partial charge >= 0.3 is 5.97 Å². The number of rotatable bonds is 3. The number of carboxylic acids is 1. The van der Waals surface area contributed by atoms with Gasteiger partial charge < -0.3 is 14.9 Å². The van der Waals surface area contributed by atoms with E-state index in [4.69, 9.17) is 0 Å². The van der Waals surface area contributed by atoms with Crippen LogP contribution in [-0.4, -0.2) is 64.1 Å². The molecule has 26 heavy (non-hydrogen) atoms. The van der Waals surface area contributed by atoms with E-state index >= 15 is 0 Å². The molecular weight excluding hydrogens is 356 g/mol. The SMILES string of the molecule is CC(=O)c1ccc(C(=O)N2CCC3(CC2)C[C@@H](C(=O)O)N(C(C)=O)C3)s1. The highest BCUT2D eigenvalue weighted by Gasteiger charge is 2.49. The second-order valence-electron chi connectivity index (χ2n) is 7.22. The molecule has 1 spiro atoms. The van der Waals surface area contributed by atoms with E-state index in [-0.39, 0.29) is 23.0 Å². The quantitative estimate of drug-likeness (QED) is 0.811. The average Bonchev–Trinajstić information content (AvgIpc) is 3.21. The van der Waals surface area contributed by atoms with E-state index in [0.717, 1.165) is 0 Å². The number of hydrogen-bond acceptors (Lipinski definition) is 5. The topological polar surface area (TPSA) is 95.0 Å². The number of carbonyl (C=O) groups is 4. The largest absolute Gasteiger partial charge is 0.480 e. The molecule has 1 aromatic heterocycles. The summed E-state index contributed by atoms with van der Waals surface area (Å²) >= 11 is 1.20. The zero-order valence-corrected chi connectivity index (χ0v) is 15.7. The number of hydrogen-bond donors (Lipinski definition) is 1. The minimum atomic E-state index is -0.967. The first-order valence-electron chi connectivity index (χ1n) is 8.62. The van der Waals surface area contributed by atoms with Crippen LogP contribution >= 0.6 is 11.3 Å². The molecule has 0 bridgehead atoms. The standard InChI is InChI=1S/C18H22N2O5S/c1-11(21)14-3-4-15(26-14)16(23)19-7-5-18(6-8-19)9-13(17(24)25)20(10-18)12(2)22/h3-4,13H,5-10H2,1-2H3,(H,24,25)/t13-/m0/s1. The van der Waals surface area contributed by atoms with Crippen molar-refractivity contribution in [2.45, 2.75) is 39.2 Å². The van der Waals surface area contributed by atoms with E-state index in [1.165, 1.54) is 30.1 Å². The van der Waals surface area contributed by atoms with Gasteiger partial charge in [0.15, 0.2) is 5.78 Å². The van der Waals surface area contributed by atoms with Crippen LogP contribution in [0.15, 0.2) is 12.1 Å². The van der Waals surface area contributed by atoms with Crippen LogP contribution in [-0.2, 0) is 9.59 Å². The molecule has 1 aromatic rings. The van der Waals surface area contributed by atoms with Crippen LogP contribution in [0.5, 0.6) is 0 Å². The predicted molar refractivity (Wildman–Crippen MR) is 95.3 cm³/mol. The van der Waals surface area contributed by atoms with Crippen LogP contribution in [0.25, 0.3) is 0 Å². The Bertz CT molecular complexity index is 739. The molecule has 7 nitrogen and oxygen atoms in total. The fourth-order valence-corrected chi connectivity index (χ4v) is 4.82. The number of likely N-dealkylation sites (tertiary alicyclic amines) is 2. The Morgan fingerprint density at radius 1 is 1.12 bits per heavy atom. The van der Waals surface area contributed by atoms with Gasteiger partial charge in [-0.15, -0.1) is 11.3 Å². The van der Waals surface area contributed by atoms with Crippen molar-refractivity contribution in [2.24, 2.45) is 5.41 Å². The third-order valence-corrected chi connectivity index (χ3v) is 6.65. The molecule has 0 aromatic carbocycles. The van der Waals surface area contributed by atoms with Crippen LogP contribution < -0.4 is 0 Å². The summed E-state index contributed by atoms with van der Waals surface area (Å²) in [5.74, 6) is -1.33. The summed E-state index contributed by atoms with van der Waals surface area (Å²) in [6.45, 7) is 4.38. The normalized spacial score (nSPS) is 21.8. The number of aliphatic carboxylic acids is 1. The third-order valence-electron chi connectivity index (χ3n) is 5.47. The van der Waals surface area contributed by atoms with Gasteiger partial charge in [-0.2, -0.15) is 0 Å². The fraction of sp³-hybridized carbons (Fsp3) is 0.556. The molecule has 3 heterocycles. The minimum Gasteiger partial charge on any atom is -0.480 e. The molecule has 1 atom stereocenters. The van der Waals surface area contributed by atoms with Crippen molar-refractivity contribution in [1.82, 2.24) is 9.80 Å². The molecule has 2 aliphatic heterocycles. The maximum Gasteiger partial charge on any atom is 0.326 e. The summed E-state index contributed by atoms with van der Waals surface area (Å²) in [5.41, 5.74) is -0.231. The van der Waals surface area contributed by atoms with Gasteiger partial charge in [0.2, 0.25) is 5.91 Å². The van der Waals surface area contributed by atoms with E-state index in [2.05, 4.69) is 0 Å². The highest BCUT2D eigenvalue weighted by atomic mass is 32.1. The molecule has 0 unspecified atom stereocenters. The minimum absolute atomic E-state index is 0.0540. The summed E-state index contributed by atoms with van der Waals surface area (Å²) in [5, 5.41) is 9.40. The number of ketones is 1. The van der Waals surface area contributed by atoms with E-state index in [1.807, 2.05) is 0 Å². The number of carbonyl (C=O) groups excluding carboxylic acids is 3. The lowest BCUT2D eigenvalue weighted by Crippen LogP contribution is -2.44. The summed E-state index contributed by atoms with van der Waals surface area (Å²) in [4.78, 5) is 51.6. The van der Waals surface area contributed by atoms with Gasteiger partial charge in [-0.05, 0) is 43.7 Å². The lowest BCUT2D eigenvalue weighted by Gasteiger charge is -2.39. The smallest absolute Gasteiger partial charge is 0.326 e. The lowest BCUT2D eigenvalue weighted by atomic mass is 9.76. The number of thiophene rings is 1. The number of carboxylic acid groups (broad SMARTS) is 1. The second kappa shape index (κ2) is 6.83. The molecule has 0 saturated carbocycles. The van der Waals surface area contributed by atoms with Crippen LogP contribution in [0.2, 0.25) is 0 Å². The predicted octanol–water partition coefficient (Wildman–Crippen LogP) is 1.88. The maximum atomic E-state index is 12.7. The van der Waals surface area contributed by atoms with Crippen molar-refractivity contribution in [3.8, 4) is 0 Å². The molecule has 0 aliphatic carbocycles. The summed E-state index contributed by atoms with van der Waals surface area (Å²) in [6.07, 6.45) is 1.80. The number of amides is 2. The molecular formula is C18H22N2O5S. The first kappa shape index (κ1) is 18.6. The Morgan fingerprint density at radius 3 is 2.19 bits per heavy atom. The molecule has 3 rings (SSSR count). The molecule has 2 saturated heterocycles. The Kier molecular flexibility index (Phi) is 4.88. The van der Waals surface area contributed by atoms with Gasteiger partial charge in [-0.3, -0.25) is 14.4 Å². The van der Waals surface area contributed by atoms with Crippen molar-refractivity contribution >= 4 is 34.9 Å². The molecule has 8 heteroatoms. The van der Waals surface area contributed by atoms with E-state index in [9.17, 15) is 24.3 Å². The average molecular weight is 378 g/mol. The summed E-state index contributed by atoms with van der Waals surface area (Å²) in [6, 6.07) is 2.58. The van der Waals surface area contributed by atoms with Gasteiger partial charge in [-0.25, -0.2) is 4.79 Å². The number of nitrogens with zero attached hydrogens (tertiary/aromatic N) is 2. The van der Waals surface area contributed by atoms with Crippen molar-refractivity contribution in [2.75, 3.05) is 19.6 Å². The van der Waals surface area contributed by atoms with Crippen LogP contribution in [0.3, 0.4) is 0 Å². The third kappa shape index (κ3) is 3.38. The summed E-state index contributed by atoms with van der Waals surface area (Å²) in [7, 11) is 0. The highest BCUT2D eigenvalue weighted by Crippen LogP contribution is 2.43. The number of piperidine rings is 1. The molecule has 2 amide bonds. The highest BCUT2D eigenvalue weighted by molar-refractivity contribution is 7.15. The van der Waals surface area contributed by atoms with Crippen LogP contribution in [0.1, 0.15) is 52.5 Å². The molecule has 1 N–H and O–H groups in total. The molecule has 0 radical (unpaired) electrons. The fourth-order valence-electron chi connectivity index (χ4n) is 3.95. The van der Waals surface area contributed by atoms with E-state index < -0.39 is 12.0 Å². The Labute approximate surface area is 155 Å². The van der Waals surface area contributed by atoms with Gasteiger partial charge in [0.25, 0.3) is 5.91 Å². The van der Waals surface area contributed by atoms with E-state index in [1.54, 1.807) is 17.0 Å². The second-order valence-corrected chi connectivity index (χ2v) is 8.30. The van der Waals surface area contributed by atoms with Crippen LogP contribution in [0, 0.1) is 5.41 Å². The molecule has 140 valence electrons. The first-order valence-corrected chi connectivity index (χ1v) is 9.44. The van der Waals surface area contributed by atoms with Gasteiger partial charge in [0.05, 0.1) is 9.75 Å². The van der Waals surface area contributed by atoms with Crippen molar-refractivity contribution in [1.29, 1.82) is 0 Å². The summed E-state index contributed by atoms with van der Waals surface area (Å²) < 4.78 is 0. The zero-order chi connectivity index (χ0) is 19.1. The molecule has 2 aliphatic rings. The lowest BCUT2D eigenvalue weighted by molar-refractivity contribution is -0.147. The first-order chi connectivity index (χ1) is 12.2. The monoisotopic (exact) mass is 378 g/mol. The molecule has 2 fully saturated rings. The van der Waals surface area contributed by atoms with Gasteiger partial charge in [-0.1, -0.05) is 0 Å². The van der Waals surface area contributed by atoms with Gasteiger partial charge in [0.1, 0.15) is 6.04 Å². The van der Waals surface area contributed by atoms with Crippen molar-refractivity contribution in [3.05, 3.63) is 21.9 Å².